The largest absolute Gasteiger partial charge is 0.313 e. The Morgan fingerprint density at radius 3 is 2.74 bits per heavy atom. The van der Waals surface area contributed by atoms with Crippen molar-refractivity contribution in [3.63, 3.8) is 0 Å². The maximum atomic E-state index is 4.32. The Kier molecular flexibility index (Phi) is 4.27. The van der Waals surface area contributed by atoms with E-state index in [1.807, 2.05) is 31.8 Å². The van der Waals surface area contributed by atoms with Gasteiger partial charge in [0.2, 0.25) is 0 Å². The zero-order chi connectivity index (χ0) is 13.8. The summed E-state index contributed by atoms with van der Waals surface area (Å²) in [5.74, 6) is 0. The normalized spacial score (nSPS) is 12.6. The van der Waals surface area contributed by atoms with E-state index in [1.54, 1.807) is 0 Å². The number of nitrogens with one attached hydrogen (secondary N) is 1. The lowest BCUT2D eigenvalue weighted by molar-refractivity contribution is 0.581. The van der Waals surface area contributed by atoms with Crippen LogP contribution in [0.15, 0.2) is 18.5 Å². The van der Waals surface area contributed by atoms with Gasteiger partial charge in [-0.15, -0.1) is 0 Å². The molecule has 1 atom stereocenters. The summed E-state index contributed by atoms with van der Waals surface area (Å²) >= 11 is 0. The molecule has 0 saturated carbocycles. The highest BCUT2D eigenvalue weighted by molar-refractivity contribution is 5.25. The molecule has 0 aliphatic carbocycles. The van der Waals surface area contributed by atoms with Crippen molar-refractivity contribution in [2.75, 3.05) is 7.05 Å². The Morgan fingerprint density at radius 2 is 2.11 bits per heavy atom. The molecule has 0 aromatic carbocycles. The van der Waals surface area contributed by atoms with Gasteiger partial charge in [-0.2, -0.15) is 15.3 Å². The molecule has 0 aliphatic heterocycles. The van der Waals surface area contributed by atoms with Crippen molar-refractivity contribution in [3.05, 3.63) is 41.0 Å². The van der Waals surface area contributed by atoms with Crippen LogP contribution in [-0.4, -0.2) is 27.0 Å². The highest BCUT2D eigenvalue weighted by Gasteiger charge is 2.15. The smallest absolute Gasteiger partial charge is 0.0648 e. The number of likely N-dealkylation sites (N-methyl/N-ethyl adjacent to an activating group) is 1. The van der Waals surface area contributed by atoms with Gasteiger partial charge in [0.05, 0.1) is 17.6 Å². The first-order chi connectivity index (χ1) is 9.13. The third kappa shape index (κ3) is 3.17. The summed E-state index contributed by atoms with van der Waals surface area (Å²) in [4.78, 5) is 0. The molecule has 102 valence electrons. The van der Waals surface area contributed by atoms with Crippen LogP contribution in [0.1, 0.15) is 35.5 Å². The maximum Gasteiger partial charge on any atom is 0.0648 e. The molecule has 2 rings (SSSR count). The molecule has 5 heteroatoms. The second-order valence-corrected chi connectivity index (χ2v) is 4.78. The second kappa shape index (κ2) is 5.93. The average molecular weight is 259 g/mol. The van der Waals surface area contributed by atoms with Crippen LogP contribution in [0.4, 0.5) is 0 Å². The number of rotatable bonds is 5. The molecule has 2 heterocycles. The van der Waals surface area contributed by atoms with E-state index in [9.17, 15) is 0 Å². The molecular formula is C14H21N5. The first kappa shape index (κ1) is 13.7. The lowest BCUT2D eigenvalue weighted by atomic mass is 9.99. The standard InChI is InChI=1S/C14H21N5/c1-5-19-9-12(8-16-19)7-14(15-4)13-6-10(2)17-18-11(13)3/h6,8-9,14-15H,5,7H2,1-4H3. The molecule has 0 fully saturated rings. The zero-order valence-electron chi connectivity index (χ0n) is 12.0. The van der Waals surface area contributed by atoms with Gasteiger partial charge in [0, 0.05) is 18.8 Å². The van der Waals surface area contributed by atoms with Crippen LogP contribution in [0, 0.1) is 13.8 Å². The summed E-state index contributed by atoms with van der Waals surface area (Å²) in [5.41, 5.74) is 4.37. The molecular weight excluding hydrogens is 238 g/mol. The molecule has 1 unspecified atom stereocenters. The zero-order valence-corrected chi connectivity index (χ0v) is 12.0. The van der Waals surface area contributed by atoms with Gasteiger partial charge in [-0.1, -0.05) is 0 Å². The van der Waals surface area contributed by atoms with Gasteiger partial charge in [0.25, 0.3) is 0 Å². The molecule has 0 saturated heterocycles. The number of aryl methyl sites for hydroxylation is 3. The van der Waals surface area contributed by atoms with Crippen molar-refractivity contribution in [2.24, 2.45) is 0 Å². The van der Waals surface area contributed by atoms with Gasteiger partial charge < -0.3 is 5.32 Å². The molecule has 2 aromatic rings. The van der Waals surface area contributed by atoms with Crippen LogP contribution in [-0.2, 0) is 13.0 Å². The van der Waals surface area contributed by atoms with Crippen LogP contribution in [0.5, 0.6) is 0 Å². The Morgan fingerprint density at radius 1 is 1.32 bits per heavy atom. The molecule has 0 spiro atoms. The van der Waals surface area contributed by atoms with Crippen LogP contribution < -0.4 is 5.32 Å². The van der Waals surface area contributed by atoms with Crippen LogP contribution in [0.25, 0.3) is 0 Å². The molecule has 0 bridgehead atoms. The summed E-state index contributed by atoms with van der Waals surface area (Å²) in [6, 6.07) is 2.34. The summed E-state index contributed by atoms with van der Waals surface area (Å²) in [5, 5.41) is 16.0. The second-order valence-electron chi connectivity index (χ2n) is 4.78. The summed E-state index contributed by atoms with van der Waals surface area (Å²) in [6.45, 7) is 6.96. The molecule has 1 N–H and O–H groups in total. The predicted molar refractivity (Wildman–Crippen MR) is 74.9 cm³/mol. The van der Waals surface area contributed by atoms with Gasteiger partial charge >= 0.3 is 0 Å². The van der Waals surface area contributed by atoms with E-state index in [1.165, 1.54) is 11.1 Å². The first-order valence-electron chi connectivity index (χ1n) is 6.63. The van der Waals surface area contributed by atoms with Gasteiger partial charge in [-0.3, -0.25) is 4.68 Å². The first-order valence-corrected chi connectivity index (χ1v) is 6.63. The van der Waals surface area contributed by atoms with Crippen molar-refractivity contribution in [1.29, 1.82) is 0 Å². The minimum atomic E-state index is 0.240. The van der Waals surface area contributed by atoms with Gasteiger partial charge in [-0.25, -0.2) is 0 Å². The lowest BCUT2D eigenvalue weighted by Crippen LogP contribution is -2.20. The van der Waals surface area contributed by atoms with Crippen molar-refractivity contribution >= 4 is 0 Å². The third-order valence-corrected chi connectivity index (χ3v) is 3.31. The minimum Gasteiger partial charge on any atom is -0.313 e. The fraction of sp³-hybridized carbons (Fsp3) is 0.500. The van der Waals surface area contributed by atoms with E-state index in [2.05, 4.69) is 39.8 Å². The number of nitrogens with zero attached hydrogens (tertiary/aromatic N) is 4. The summed E-state index contributed by atoms with van der Waals surface area (Å²) in [6.07, 6.45) is 4.94. The average Bonchev–Trinajstić information content (AvgIpc) is 2.87. The Bertz CT molecular complexity index is 547. The Balaban J connectivity index is 2.22. The molecule has 0 radical (unpaired) electrons. The van der Waals surface area contributed by atoms with Gasteiger partial charge in [0.1, 0.15) is 0 Å². The van der Waals surface area contributed by atoms with E-state index in [0.717, 1.165) is 24.4 Å². The molecule has 19 heavy (non-hydrogen) atoms. The van der Waals surface area contributed by atoms with Crippen LogP contribution in [0.3, 0.4) is 0 Å². The lowest BCUT2D eigenvalue weighted by Gasteiger charge is -2.17. The quantitative estimate of drug-likeness (QED) is 0.889. The maximum absolute atomic E-state index is 4.32. The third-order valence-electron chi connectivity index (χ3n) is 3.31. The van der Waals surface area contributed by atoms with Crippen LogP contribution in [0.2, 0.25) is 0 Å². The SMILES string of the molecule is CCn1cc(CC(NC)c2cc(C)nnc2C)cn1. The highest BCUT2D eigenvalue weighted by atomic mass is 15.3. The predicted octanol–water partition coefficient (Wildman–Crippen LogP) is 1.81. The molecule has 5 nitrogen and oxygen atoms in total. The summed E-state index contributed by atoms with van der Waals surface area (Å²) < 4.78 is 1.95. The van der Waals surface area contributed by atoms with E-state index in [0.29, 0.717) is 0 Å². The summed E-state index contributed by atoms with van der Waals surface area (Å²) in [7, 11) is 1.98. The highest BCUT2D eigenvalue weighted by Crippen LogP contribution is 2.20. The van der Waals surface area contributed by atoms with Gasteiger partial charge in [-0.05, 0) is 51.4 Å². The number of hydrogen-bond donors (Lipinski definition) is 1. The monoisotopic (exact) mass is 259 g/mol. The number of hydrogen-bond acceptors (Lipinski definition) is 4. The Labute approximate surface area is 114 Å². The van der Waals surface area contributed by atoms with Crippen LogP contribution >= 0.6 is 0 Å². The van der Waals surface area contributed by atoms with E-state index >= 15 is 0 Å². The topological polar surface area (TPSA) is 55.6 Å². The Hall–Kier alpha value is -1.75. The molecule has 0 amide bonds. The van der Waals surface area contributed by atoms with Crippen molar-refractivity contribution in [3.8, 4) is 0 Å². The molecule has 2 aromatic heterocycles. The molecule has 0 aliphatic rings. The fourth-order valence-electron chi connectivity index (χ4n) is 2.21. The van der Waals surface area contributed by atoms with Crippen molar-refractivity contribution in [2.45, 2.75) is 39.8 Å². The number of aromatic nitrogens is 4. The van der Waals surface area contributed by atoms with E-state index < -0.39 is 0 Å². The van der Waals surface area contributed by atoms with E-state index in [-0.39, 0.29) is 6.04 Å². The van der Waals surface area contributed by atoms with Gasteiger partial charge in [0.15, 0.2) is 0 Å². The van der Waals surface area contributed by atoms with E-state index in [4.69, 9.17) is 0 Å². The fourth-order valence-corrected chi connectivity index (χ4v) is 2.21. The van der Waals surface area contributed by atoms with Crippen molar-refractivity contribution in [1.82, 2.24) is 25.3 Å². The minimum absolute atomic E-state index is 0.240. The van der Waals surface area contributed by atoms with Crippen molar-refractivity contribution < 1.29 is 0 Å².